The van der Waals surface area contributed by atoms with Crippen molar-refractivity contribution in [1.82, 2.24) is 0 Å². The molecule has 4 heteroatoms. The molecule has 2 aliphatic rings. The Morgan fingerprint density at radius 2 is 2.21 bits per heavy atom. The van der Waals surface area contributed by atoms with Gasteiger partial charge in [0.25, 0.3) is 0 Å². The number of carbonyl (C=O) groups is 1. The predicted octanol–water partition coefficient (Wildman–Crippen LogP) is 2.66. The molecule has 1 saturated carbocycles. The summed E-state index contributed by atoms with van der Waals surface area (Å²) in [4.78, 5) is 11.4. The molecule has 4 nitrogen and oxygen atoms in total. The van der Waals surface area contributed by atoms with E-state index >= 15 is 0 Å². The predicted molar refractivity (Wildman–Crippen MR) is 69.6 cm³/mol. The number of hydrogen-bond donors (Lipinski definition) is 1. The second-order valence-corrected chi connectivity index (χ2v) is 5.22. The minimum atomic E-state index is -0.940. The van der Waals surface area contributed by atoms with Gasteiger partial charge in [0, 0.05) is 5.56 Å². The number of ether oxygens (including phenoxy) is 2. The van der Waals surface area contributed by atoms with E-state index in [0.717, 1.165) is 17.5 Å². The molecule has 3 rings (SSSR count). The van der Waals surface area contributed by atoms with E-state index in [2.05, 4.69) is 6.07 Å². The molecule has 0 bridgehead atoms. The maximum Gasteiger partial charge on any atom is 0.337 e. The SMILES string of the molecule is COc1ccc(C2CCC2)c2c1C(C(=O)O)OCC2. The van der Waals surface area contributed by atoms with Crippen LogP contribution in [-0.2, 0) is 16.0 Å². The maximum atomic E-state index is 11.4. The molecule has 102 valence electrons. The zero-order chi connectivity index (χ0) is 13.4. The van der Waals surface area contributed by atoms with E-state index < -0.39 is 12.1 Å². The topological polar surface area (TPSA) is 55.8 Å². The Hall–Kier alpha value is -1.55. The highest BCUT2D eigenvalue weighted by molar-refractivity contribution is 5.77. The normalized spacial score (nSPS) is 22.5. The van der Waals surface area contributed by atoms with E-state index in [1.165, 1.54) is 24.8 Å². The lowest BCUT2D eigenvalue weighted by atomic mass is 9.76. The third-order valence-electron chi connectivity index (χ3n) is 4.24. The Kier molecular flexibility index (Phi) is 3.19. The van der Waals surface area contributed by atoms with Crippen LogP contribution in [0.15, 0.2) is 12.1 Å². The smallest absolute Gasteiger partial charge is 0.337 e. The summed E-state index contributed by atoms with van der Waals surface area (Å²) < 4.78 is 10.8. The Morgan fingerprint density at radius 3 is 2.79 bits per heavy atom. The van der Waals surface area contributed by atoms with Gasteiger partial charge in [0.1, 0.15) is 5.75 Å². The van der Waals surface area contributed by atoms with Gasteiger partial charge in [-0.3, -0.25) is 0 Å². The quantitative estimate of drug-likeness (QED) is 0.909. The summed E-state index contributed by atoms with van der Waals surface area (Å²) in [6.07, 6.45) is 3.57. The van der Waals surface area contributed by atoms with Crippen LogP contribution in [0, 0.1) is 0 Å². The third-order valence-corrected chi connectivity index (χ3v) is 4.24. The van der Waals surface area contributed by atoms with Crippen molar-refractivity contribution in [2.45, 2.75) is 37.7 Å². The number of methoxy groups -OCH3 is 1. The van der Waals surface area contributed by atoms with Crippen molar-refractivity contribution in [2.75, 3.05) is 13.7 Å². The van der Waals surface area contributed by atoms with Crippen LogP contribution in [0.1, 0.15) is 48.0 Å². The molecule has 1 N–H and O–H groups in total. The van der Waals surface area contributed by atoms with Crippen molar-refractivity contribution in [1.29, 1.82) is 0 Å². The van der Waals surface area contributed by atoms with E-state index in [1.807, 2.05) is 6.07 Å². The van der Waals surface area contributed by atoms with Gasteiger partial charge in [-0.2, -0.15) is 0 Å². The standard InChI is InChI=1S/C15H18O4/c1-18-12-6-5-10(9-3-2-4-9)11-7-8-19-14(13(11)12)15(16)17/h5-6,9,14H,2-4,7-8H2,1H3,(H,16,17). The van der Waals surface area contributed by atoms with Crippen molar-refractivity contribution in [3.8, 4) is 5.75 Å². The molecule has 0 saturated heterocycles. The van der Waals surface area contributed by atoms with Crippen molar-refractivity contribution in [3.05, 3.63) is 28.8 Å². The first-order valence-corrected chi connectivity index (χ1v) is 6.76. The fourth-order valence-corrected chi connectivity index (χ4v) is 3.06. The number of fused-ring (bicyclic) bond motifs is 1. The number of rotatable bonds is 3. The zero-order valence-electron chi connectivity index (χ0n) is 11.0. The average molecular weight is 262 g/mol. The Balaban J connectivity index is 2.12. The average Bonchev–Trinajstić information content (AvgIpc) is 2.36. The van der Waals surface area contributed by atoms with Crippen LogP contribution >= 0.6 is 0 Å². The molecule has 1 aromatic carbocycles. The van der Waals surface area contributed by atoms with Crippen LogP contribution in [0.5, 0.6) is 5.75 Å². The van der Waals surface area contributed by atoms with Gasteiger partial charge in [0.2, 0.25) is 0 Å². The van der Waals surface area contributed by atoms with Crippen LogP contribution in [0.25, 0.3) is 0 Å². The van der Waals surface area contributed by atoms with Gasteiger partial charge in [0.15, 0.2) is 6.10 Å². The van der Waals surface area contributed by atoms with Gasteiger partial charge in [0.05, 0.1) is 13.7 Å². The van der Waals surface area contributed by atoms with Crippen LogP contribution in [0.3, 0.4) is 0 Å². The molecule has 0 aromatic heterocycles. The summed E-state index contributed by atoms with van der Waals surface area (Å²) in [6.45, 7) is 0.469. The Morgan fingerprint density at radius 1 is 1.42 bits per heavy atom. The molecular weight excluding hydrogens is 244 g/mol. The van der Waals surface area contributed by atoms with Crippen molar-refractivity contribution in [2.24, 2.45) is 0 Å². The number of carboxylic acids is 1. The van der Waals surface area contributed by atoms with E-state index in [1.54, 1.807) is 7.11 Å². The molecule has 19 heavy (non-hydrogen) atoms. The number of aliphatic carboxylic acids is 1. The fraction of sp³-hybridized carbons (Fsp3) is 0.533. The molecule has 1 aliphatic heterocycles. The molecule has 0 spiro atoms. The summed E-state index contributed by atoms with van der Waals surface area (Å²) in [5, 5.41) is 9.33. The molecule has 1 aromatic rings. The van der Waals surface area contributed by atoms with Crippen LogP contribution in [0.2, 0.25) is 0 Å². The number of carboxylic acid groups (broad SMARTS) is 1. The van der Waals surface area contributed by atoms with Gasteiger partial charge in [-0.15, -0.1) is 0 Å². The first-order chi connectivity index (χ1) is 9.22. The van der Waals surface area contributed by atoms with Crippen molar-refractivity contribution < 1.29 is 19.4 Å². The molecule has 0 amide bonds. The Bertz CT molecular complexity index is 505. The molecular formula is C15H18O4. The lowest BCUT2D eigenvalue weighted by Crippen LogP contribution is -2.26. The second-order valence-electron chi connectivity index (χ2n) is 5.22. The van der Waals surface area contributed by atoms with E-state index in [9.17, 15) is 9.90 Å². The first-order valence-electron chi connectivity index (χ1n) is 6.76. The van der Waals surface area contributed by atoms with E-state index in [4.69, 9.17) is 9.47 Å². The lowest BCUT2D eigenvalue weighted by molar-refractivity contribution is -0.151. The maximum absolute atomic E-state index is 11.4. The van der Waals surface area contributed by atoms with E-state index in [-0.39, 0.29) is 0 Å². The van der Waals surface area contributed by atoms with Crippen molar-refractivity contribution in [3.63, 3.8) is 0 Å². The summed E-state index contributed by atoms with van der Waals surface area (Å²) in [5.74, 6) is 0.280. The molecule has 1 atom stereocenters. The zero-order valence-corrected chi connectivity index (χ0v) is 11.0. The van der Waals surface area contributed by atoms with Gasteiger partial charge >= 0.3 is 5.97 Å². The minimum absolute atomic E-state index is 0.469. The van der Waals surface area contributed by atoms with Crippen LogP contribution in [-0.4, -0.2) is 24.8 Å². The second kappa shape index (κ2) is 4.85. The molecule has 1 unspecified atom stereocenters. The van der Waals surface area contributed by atoms with Gasteiger partial charge in [-0.25, -0.2) is 4.79 Å². The number of hydrogen-bond acceptors (Lipinski definition) is 3. The molecule has 0 radical (unpaired) electrons. The molecule has 1 fully saturated rings. The van der Waals surface area contributed by atoms with E-state index in [0.29, 0.717) is 18.3 Å². The highest BCUT2D eigenvalue weighted by atomic mass is 16.5. The highest BCUT2D eigenvalue weighted by Crippen LogP contribution is 2.44. The summed E-state index contributed by atoms with van der Waals surface area (Å²) in [7, 11) is 1.58. The monoisotopic (exact) mass is 262 g/mol. The Labute approximate surface area is 112 Å². The summed E-state index contributed by atoms with van der Waals surface area (Å²) in [5.41, 5.74) is 3.17. The molecule has 1 heterocycles. The van der Waals surface area contributed by atoms with Gasteiger partial charge in [-0.05, 0) is 42.4 Å². The summed E-state index contributed by atoms with van der Waals surface area (Å²) in [6, 6.07) is 3.99. The van der Waals surface area contributed by atoms with Crippen LogP contribution < -0.4 is 4.74 Å². The fourth-order valence-electron chi connectivity index (χ4n) is 3.06. The number of benzene rings is 1. The molecule has 1 aliphatic carbocycles. The third kappa shape index (κ3) is 2.00. The van der Waals surface area contributed by atoms with Gasteiger partial charge in [-0.1, -0.05) is 12.5 Å². The van der Waals surface area contributed by atoms with Gasteiger partial charge < -0.3 is 14.6 Å². The lowest BCUT2D eigenvalue weighted by Gasteiger charge is -2.33. The summed E-state index contributed by atoms with van der Waals surface area (Å²) >= 11 is 0. The largest absolute Gasteiger partial charge is 0.496 e. The van der Waals surface area contributed by atoms with Crippen molar-refractivity contribution >= 4 is 5.97 Å². The minimum Gasteiger partial charge on any atom is -0.496 e. The highest BCUT2D eigenvalue weighted by Gasteiger charge is 2.34. The first kappa shape index (κ1) is 12.5. The van der Waals surface area contributed by atoms with Crippen LogP contribution in [0.4, 0.5) is 0 Å².